The van der Waals surface area contributed by atoms with Crippen LogP contribution in [0.2, 0.25) is 0 Å². The Balaban J connectivity index is 2.32. The van der Waals surface area contributed by atoms with Crippen molar-refractivity contribution in [1.29, 1.82) is 0 Å². The van der Waals surface area contributed by atoms with Crippen LogP contribution in [0.5, 0.6) is 5.88 Å². The first kappa shape index (κ1) is 10.7. The predicted octanol–water partition coefficient (Wildman–Crippen LogP) is 3.31. The van der Waals surface area contributed by atoms with Gasteiger partial charge in [-0.15, -0.1) is 10.2 Å². The van der Waals surface area contributed by atoms with E-state index in [9.17, 15) is 0 Å². The smallest absolute Gasteiger partial charge is 0.241 e. The SMILES string of the molecule is COc1nnc(-c2ccccc2)c2ccccc12. The van der Waals surface area contributed by atoms with E-state index in [0.717, 1.165) is 22.0 Å². The van der Waals surface area contributed by atoms with Gasteiger partial charge in [-0.1, -0.05) is 48.5 Å². The Hall–Kier alpha value is -2.42. The second-order valence-electron chi connectivity index (χ2n) is 3.97. The molecule has 0 bridgehead atoms. The van der Waals surface area contributed by atoms with Crippen molar-refractivity contribution >= 4 is 10.8 Å². The van der Waals surface area contributed by atoms with Crippen molar-refractivity contribution < 1.29 is 4.74 Å². The third-order valence-corrected chi connectivity index (χ3v) is 2.89. The zero-order chi connectivity index (χ0) is 12.4. The van der Waals surface area contributed by atoms with Crippen molar-refractivity contribution in [2.24, 2.45) is 0 Å². The van der Waals surface area contributed by atoms with Crippen LogP contribution >= 0.6 is 0 Å². The zero-order valence-corrected chi connectivity index (χ0v) is 10.00. The third-order valence-electron chi connectivity index (χ3n) is 2.89. The summed E-state index contributed by atoms with van der Waals surface area (Å²) in [4.78, 5) is 0. The highest BCUT2D eigenvalue weighted by molar-refractivity contribution is 5.96. The van der Waals surface area contributed by atoms with E-state index in [0.29, 0.717) is 5.88 Å². The Labute approximate surface area is 105 Å². The number of aromatic nitrogens is 2. The van der Waals surface area contributed by atoms with Gasteiger partial charge in [0.05, 0.1) is 7.11 Å². The topological polar surface area (TPSA) is 35.0 Å². The highest BCUT2D eigenvalue weighted by atomic mass is 16.5. The van der Waals surface area contributed by atoms with Crippen LogP contribution in [-0.4, -0.2) is 17.3 Å². The summed E-state index contributed by atoms with van der Waals surface area (Å²) in [6.45, 7) is 0. The molecule has 0 amide bonds. The third kappa shape index (κ3) is 1.70. The number of ether oxygens (including phenoxy) is 1. The van der Waals surface area contributed by atoms with Gasteiger partial charge in [0, 0.05) is 16.3 Å². The van der Waals surface area contributed by atoms with E-state index in [1.807, 2.05) is 54.6 Å². The fourth-order valence-corrected chi connectivity index (χ4v) is 2.04. The second-order valence-corrected chi connectivity index (χ2v) is 3.97. The largest absolute Gasteiger partial charge is 0.479 e. The number of fused-ring (bicyclic) bond motifs is 1. The van der Waals surface area contributed by atoms with Crippen LogP contribution in [-0.2, 0) is 0 Å². The molecule has 2 aromatic carbocycles. The van der Waals surface area contributed by atoms with Gasteiger partial charge in [0.25, 0.3) is 0 Å². The van der Waals surface area contributed by atoms with Gasteiger partial charge in [-0.2, -0.15) is 0 Å². The normalized spacial score (nSPS) is 10.5. The van der Waals surface area contributed by atoms with E-state index < -0.39 is 0 Å². The summed E-state index contributed by atoms with van der Waals surface area (Å²) in [7, 11) is 1.61. The highest BCUT2D eigenvalue weighted by Gasteiger charge is 2.10. The molecule has 0 aliphatic heterocycles. The van der Waals surface area contributed by atoms with E-state index in [1.54, 1.807) is 7.11 Å². The molecule has 0 atom stereocenters. The molecule has 1 aromatic heterocycles. The summed E-state index contributed by atoms with van der Waals surface area (Å²) in [5.41, 5.74) is 1.94. The van der Waals surface area contributed by atoms with Crippen LogP contribution in [0.1, 0.15) is 0 Å². The number of benzene rings is 2. The maximum absolute atomic E-state index is 5.24. The van der Waals surface area contributed by atoms with Crippen LogP contribution in [0.3, 0.4) is 0 Å². The standard InChI is InChI=1S/C15H12N2O/c1-18-15-13-10-6-5-9-12(13)14(16-17-15)11-7-3-2-4-8-11/h2-10H,1H3. The lowest BCUT2D eigenvalue weighted by molar-refractivity contribution is 0.398. The molecule has 3 rings (SSSR count). The van der Waals surface area contributed by atoms with E-state index in [4.69, 9.17) is 4.74 Å². The van der Waals surface area contributed by atoms with Gasteiger partial charge < -0.3 is 4.74 Å². The molecule has 0 fully saturated rings. The van der Waals surface area contributed by atoms with Crippen molar-refractivity contribution in [1.82, 2.24) is 10.2 Å². The van der Waals surface area contributed by atoms with Gasteiger partial charge in [-0.05, 0) is 6.07 Å². The van der Waals surface area contributed by atoms with Gasteiger partial charge in [-0.3, -0.25) is 0 Å². The van der Waals surface area contributed by atoms with Crippen LogP contribution in [0.4, 0.5) is 0 Å². The summed E-state index contributed by atoms with van der Waals surface area (Å²) in [6, 6.07) is 18.0. The van der Waals surface area contributed by atoms with Crippen molar-refractivity contribution in [3.05, 3.63) is 54.6 Å². The second kappa shape index (κ2) is 4.45. The van der Waals surface area contributed by atoms with Crippen molar-refractivity contribution in [3.63, 3.8) is 0 Å². The van der Waals surface area contributed by atoms with E-state index in [-0.39, 0.29) is 0 Å². The quantitative estimate of drug-likeness (QED) is 0.684. The minimum atomic E-state index is 0.560. The molecule has 0 radical (unpaired) electrons. The maximum atomic E-state index is 5.24. The van der Waals surface area contributed by atoms with Crippen LogP contribution in [0, 0.1) is 0 Å². The van der Waals surface area contributed by atoms with Crippen LogP contribution in [0.25, 0.3) is 22.0 Å². The average molecular weight is 236 g/mol. The Bertz CT molecular complexity index is 680. The summed E-state index contributed by atoms with van der Waals surface area (Å²) in [5.74, 6) is 0.560. The Morgan fingerprint density at radius 1 is 0.778 bits per heavy atom. The number of rotatable bonds is 2. The van der Waals surface area contributed by atoms with Gasteiger partial charge in [0.1, 0.15) is 5.69 Å². The first-order valence-corrected chi connectivity index (χ1v) is 5.75. The predicted molar refractivity (Wildman–Crippen MR) is 71.5 cm³/mol. The summed E-state index contributed by atoms with van der Waals surface area (Å²) in [5, 5.41) is 10.4. The van der Waals surface area contributed by atoms with Gasteiger partial charge >= 0.3 is 0 Å². The minimum absolute atomic E-state index is 0.560. The average Bonchev–Trinajstić information content (AvgIpc) is 2.47. The maximum Gasteiger partial charge on any atom is 0.241 e. The van der Waals surface area contributed by atoms with Crippen LogP contribution < -0.4 is 4.74 Å². The first-order chi connectivity index (χ1) is 8.90. The van der Waals surface area contributed by atoms with Gasteiger partial charge in [0.15, 0.2) is 0 Å². The molecule has 0 N–H and O–H groups in total. The lowest BCUT2D eigenvalue weighted by atomic mass is 10.1. The molecule has 88 valence electrons. The molecule has 3 nitrogen and oxygen atoms in total. The molecule has 0 aliphatic carbocycles. The molecular formula is C15H12N2O. The number of methoxy groups -OCH3 is 1. The molecule has 0 unspecified atom stereocenters. The van der Waals surface area contributed by atoms with Gasteiger partial charge in [0.2, 0.25) is 5.88 Å². The summed E-state index contributed by atoms with van der Waals surface area (Å²) in [6.07, 6.45) is 0. The zero-order valence-electron chi connectivity index (χ0n) is 10.00. The molecule has 0 saturated heterocycles. The molecule has 0 aliphatic rings. The van der Waals surface area contributed by atoms with E-state index >= 15 is 0 Å². The number of hydrogen-bond acceptors (Lipinski definition) is 3. The fraction of sp³-hybridized carbons (Fsp3) is 0.0667. The fourth-order valence-electron chi connectivity index (χ4n) is 2.04. The Kier molecular flexibility index (Phi) is 2.65. The van der Waals surface area contributed by atoms with Crippen LogP contribution in [0.15, 0.2) is 54.6 Å². The summed E-state index contributed by atoms with van der Waals surface area (Å²) >= 11 is 0. The van der Waals surface area contributed by atoms with E-state index in [2.05, 4.69) is 10.2 Å². The minimum Gasteiger partial charge on any atom is -0.479 e. The molecule has 3 aromatic rings. The number of nitrogens with zero attached hydrogens (tertiary/aromatic N) is 2. The Morgan fingerprint density at radius 2 is 1.44 bits per heavy atom. The van der Waals surface area contributed by atoms with Crippen molar-refractivity contribution in [2.75, 3.05) is 7.11 Å². The number of hydrogen-bond donors (Lipinski definition) is 0. The lowest BCUT2D eigenvalue weighted by Crippen LogP contribution is -1.95. The Morgan fingerprint density at radius 3 is 2.17 bits per heavy atom. The van der Waals surface area contributed by atoms with Crippen molar-refractivity contribution in [3.8, 4) is 17.1 Å². The molecule has 0 saturated carbocycles. The van der Waals surface area contributed by atoms with Gasteiger partial charge in [-0.25, -0.2) is 0 Å². The monoisotopic (exact) mass is 236 g/mol. The summed E-state index contributed by atoms with van der Waals surface area (Å²) < 4.78 is 5.24. The lowest BCUT2D eigenvalue weighted by Gasteiger charge is -2.07. The molecule has 18 heavy (non-hydrogen) atoms. The molecule has 1 heterocycles. The van der Waals surface area contributed by atoms with E-state index in [1.165, 1.54) is 0 Å². The molecule has 3 heteroatoms. The molecular weight excluding hydrogens is 224 g/mol. The first-order valence-electron chi connectivity index (χ1n) is 5.75. The highest BCUT2D eigenvalue weighted by Crippen LogP contribution is 2.30. The van der Waals surface area contributed by atoms with Crippen molar-refractivity contribution in [2.45, 2.75) is 0 Å². The molecule has 0 spiro atoms.